The molecule has 0 atom stereocenters. The van der Waals surface area contributed by atoms with E-state index in [1.165, 1.54) is 0 Å². The maximum absolute atomic E-state index is 12.4. The third-order valence-electron chi connectivity index (χ3n) is 2.92. The van der Waals surface area contributed by atoms with E-state index in [1.54, 1.807) is 29.9 Å². The lowest BCUT2D eigenvalue weighted by Gasteiger charge is -2.08. The molecule has 0 spiro atoms. The van der Waals surface area contributed by atoms with Crippen LogP contribution in [0.25, 0.3) is 0 Å². The highest BCUT2D eigenvalue weighted by molar-refractivity contribution is 9.10. The predicted octanol–water partition coefficient (Wildman–Crippen LogP) is 3.08. The summed E-state index contributed by atoms with van der Waals surface area (Å²) in [5, 5.41) is 4.16. The van der Waals surface area contributed by atoms with Gasteiger partial charge in [-0.2, -0.15) is 5.10 Å². The first kappa shape index (κ1) is 15.1. The van der Waals surface area contributed by atoms with Gasteiger partial charge >= 0.3 is 0 Å². The fourth-order valence-electron chi connectivity index (χ4n) is 1.84. The van der Waals surface area contributed by atoms with E-state index in [1.807, 2.05) is 19.9 Å². The molecule has 108 valence electrons. The minimum absolute atomic E-state index is 0.208. The lowest BCUT2D eigenvalue weighted by molar-refractivity contribution is 0.600. The molecule has 1 aromatic carbocycles. The largest absolute Gasteiger partial charge is 0.280 e. The van der Waals surface area contributed by atoms with Gasteiger partial charge < -0.3 is 0 Å². The van der Waals surface area contributed by atoms with Crippen molar-refractivity contribution < 1.29 is 8.42 Å². The van der Waals surface area contributed by atoms with Crippen LogP contribution in [0, 0.1) is 13.8 Å². The van der Waals surface area contributed by atoms with Gasteiger partial charge in [-0.15, -0.1) is 0 Å². The second-order valence-electron chi connectivity index (χ2n) is 4.50. The molecule has 0 bridgehead atoms. The van der Waals surface area contributed by atoms with Gasteiger partial charge in [-0.05, 0) is 44.5 Å². The predicted molar refractivity (Wildman–Crippen MR) is 82.3 cm³/mol. The second kappa shape index (κ2) is 5.57. The number of sulfonamides is 1. The zero-order valence-electron chi connectivity index (χ0n) is 11.5. The van der Waals surface area contributed by atoms with Gasteiger partial charge in [0.25, 0.3) is 10.0 Å². The number of rotatable bonds is 4. The number of anilines is 1. The minimum Gasteiger partial charge on any atom is -0.280 e. The Balaban J connectivity index is 2.35. The van der Waals surface area contributed by atoms with Crippen molar-refractivity contribution in [2.75, 3.05) is 4.72 Å². The third-order valence-corrected chi connectivity index (χ3v) is 5.30. The zero-order chi connectivity index (χ0) is 14.9. The molecule has 0 unspecified atom stereocenters. The number of hydrogen-bond acceptors (Lipinski definition) is 3. The Hall–Kier alpha value is -1.34. The highest BCUT2D eigenvalue weighted by atomic mass is 79.9. The summed E-state index contributed by atoms with van der Waals surface area (Å²) in [6, 6.07) is 5.31. The molecule has 7 heteroatoms. The summed E-state index contributed by atoms with van der Waals surface area (Å²) in [5.74, 6) is 0. The third kappa shape index (κ3) is 3.04. The number of aromatic nitrogens is 2. The average Bonchev–Trinajstić information content (AvgIpc) is 2.76. The summed E-state index contributed by atoms with van der Waals surface area (Å²) in [4.78, 5) is 0.208. The number of aryl methyl sites for hydroxylation is 3. The molecule has 1 heterocycles. The first-order valence-electron chi connectivity index (χ1n) is 6.16. The van der Waals surface area contributed by atoms with Crippen molar-refractivity contribution in [1.29, 1.82) is 0 Å². The van der Waals surface area contributed by atoms with Crippen LogP contribution >= 0.6 is 15.9 Å². The van der Waals surface area contributed by atoms with Crippen LogP contribution in [0.3, 0.4) is 0 Å². The van der Waals surface area contributed by atoms with Crippen LogP contribution in [-0.4, -0.2) is 18.2 Å². The van der Waals surface area contributed by atoms with Gasteiger partial charge in [0.05, 0.1) is 5.69 Å². The second-order valence-corrected chi connectivity index (χ2v) is 7.01. The van der Waals surface area contributed by atoms with Crippen molar-refractivity contribution in [2.24, 2.45) is 0 Å². The van der Waals surface area contributed by atoms with Crippen molar-refractivity contribution in [3.8, 4) is 0 Å². The van der Waals surface area contributed by atoms with Crippen LogP contribution in [0.15, 0.2) is 33.8 Å². The summed E-state index contributed by atoms with van der Waals surface area (Å²) >= 11 is 3.39. The zero-order valence-corrected chi connectivity index (χ0v) is 13.9. The monoisotopic (exact) mass is 357 g/mol. The van der Waals surface area contributed by atoms with Gasteiger partial charge in [-0.25, -0.2) is 8.42 Å². The summed E-state index contributed by atoms with van der Waals surface area (Å²) in [6.07, 6.45) is 1.55. The molecule has 0 aliphatic heterocycles. The quantitative estimate of drug-likeness (QED) is 0.914. The normalized spacial score (nSPS) is 11.6. The molecular formula is C13H16BrN3O2S. The first-order valence-corrected chi connectivity index (χ1v) is 8.44. The van der Waals surface area contributed by atoms with Crippen LogP contribution in [0.2, 0.25) is 0 Å². The van der Waals surface area contributed by atoms with Crippen molar-refractivity contribution in [2.45, 2.75) is 32.2 Å². The molecule has 1 N–H and O–H groups in total. The lowest BCUT2D eigenvalue weighted by Crippen LogP contribution is -2.13. The molecule has 1 aromatic heterocycles. The van der Waals surface area contributed by atoms with E-state index in [0.717, 1.165) is 10.0 Å². The van der Waals surface area contributed by atoms with Crippen LogP contribution < -0.4 is 4.72 Å². The lowest BCUT2D eigenvalue weighted by atomic mass is 10.2. The fraction of sp³-hybridized carbons (Fsp3) is 0.308. The van der Waals surface area contributed by atoms with Crippen molar-refractivity contribution in [3.63, 3.8) is 0 Å². The van der Waals surface area contributed by atoms with Crippen molar-refractivity contribution in [3.05, 3.63) is 40.1 Å². The average molecular weight is 358 g/mol. The number of nitrogens with one attached hydrogen (secondary N) is 1. The van der Waals surface area contributed by atoms with E-state index in [2.05, 4.69) is 25.8 Å². The van der Waals surface area contributed by atoms with E-state index in [9.17, 15) is 8.42 Å². The Labute approximate surface area is 127 Å². The summed E-state index contributed by atoms with van der Waals surface area (Å²) in [5.41, 5.74) is 1.99. The van der Waals surface area contributed by atoms with E-state index in [-0.39, 0.29) is 4.90 Å². The number of benzene rings is 1. The number of hydrogen-bond donors (Lipinski definition) is 1. The van der Waals surface area contributed by atoms with Gasteiger partial charge in [0, 0.05) is 22.9 Å². The highest BCUT2D eigenvalue weighted by Crippen LogP contribution is 2.23. The molecule has 2 aromatic rings. The van der Waals surface area contributed by atoms with E-state index >= 15 is 0 Å². The van der Waals surface area contributed by atoms with E-state index < -0.39 is 10.0 Å². The molecular weight excluding hydrogens is 342 g/mol. The fourth-order valence-corrected chi connectivity index (χ4v) is 3.33. The van der Waals surface area contributed by atoms with Gasteiger partial charge in [-0.1, -0.05) is 15.9 Å². The van der Waals surface area contributed by atoms with Crippen molar-refractivity contribution >= 4 is 31.6 Å². The molecule has 0 aliphatic rings. The molecule has 20 heavy (non-hydrogen) atoms. The topological polar surface area (TPSA) is 64.0 Å². The Morgan fingerprint density at radius 3 is 2.60 bits per heavy atom. The summed E-state index contributed by atoms with van der Waals surface area (Å²) < 4.78 is 29.9. The minimum atomic E-state index is -3.61. The first-order chi connectivity index (χ1) is 9.33. The molecule has 0 fully saturated rings. The SMILES string of the molecule is CCn1cc(S(=O)(=O)Nc2ccc(Br)c(C)c2)c(C)n1. The molecule has 0 aliphatic carbocycles. The molecule has 5 nitrogen and oxygen atoms in total. The van der Waals surface area contributed by atoms with Gasteiger partial charge in [-0.3, -0.25) is 9.40 Å². The molecule has 0 amide bonds. The Morgan fingerprint density at radius 1 is 1.35 bits per heavy atom. The standard InChI is InChI=1S/C13H16BrN3O2S/c1-4-17-8-13(10(3)15-17)20(18,19)16-11-5-6-12(14)9(2)7-11/h5-8,16H,4H2,1-3H3. The molecule has 0 saturated heterocycles. The Morgan fingerprint density at radius 2 is 2.05 bits per heavy atom. The van der Waals surface area contributed by atoms with Gasteiger partial charge in [0.15, 0.2) is 0 Å². The maximum atomic E-state index is 12.4. The molecule has 2 rings (SSSR count). The van der Waals surface area contributed by atoms with E-state index in [4.69, 9.17) is 0 Å². The van der Waals surface area contributed by atoms with Gasteiger partial charge in [0.1, 0.15) is 4.90 Å². The highest BCUT2D eigenvalue weighted by Gasteiger charge is 2.20. The van der Waals surface area contributed by atoms with Gasteiger partial charge in [0.2, 0.25) is 0 Å². The summed E-state index contributed by atoms with van der Waals surface area (Å²) in [6.45, 7) is 6.14. The maximum Gasteiger partial charge on any atom is 0.265 e. The Bertz CT molecular complexity index is 738. The van der Waals surface area contributed by atoms with Crippen LogP contribution in [0.1, 0.15) is 18.2 Å². The van der Waals surface area contributed by atoms with Crippen LogP contribution in [0.4, 0.5) is 5.69 Å². The smallest absolute Gasteiger partial charge is 0.265 e. The summed E-state index contributed by atoms with van der Waals surface area (Å²) in [7, 11) is -3.61. The molecule has 0 saturated carbocycles. The van der Waals surface area contributed by atoms with E-state index in [0.29, 0.717) is 17.9 Å². The van der Waals surface area contributed by atoms with Crippen molar-refractivity contribution in [1.82, 2.24) is 9.78 Å². The van der Waals surface area contributed by atoms with Crippen LogP contribution in [-0.2, 0) is 16.6 Å². The number of halogens is 1. The molecule has 0 radical (unpaired) electrons. The number of nitrogens with zero attached hydrogens (tertiary/aromatic N) is 2. The Kier molecular flexibility index (Phi) is 4.19. The van der Waals surface area contributed by atoms with Crippen LogP contribution in [0.5, 0.6) is 0 Å².